The third kappa shape index (κ3) is 15.4. The molecule has 0 aliphatic heterocycles. The lowest BCUT2D eigenvalue weighted by molar-refractivity contribution is -0.00497. The van der Waals surface area contributed by atoms with Gasteiger partial charge in [-0.15, -0.1) is 0 Å². The number of hydrazine groups is 1. The second kappa shape index (κ2) is 19.2. The second-order valence-electron chi connectivity index (χ2n) is 7.58. The molecule has 0 aliphatic rings. The third-order valence-electron chi connectivity index (χ3n) is 5.11. The zero-order valence-corrected chi connectivity index (χ0v) is 17.6. The summed E-state index contributed by atoms with van der Waals surface area (Å²) in [7, 11) is 2.32. The van der Waals surface area contributed by atoms with Gasteiger partial charge < -0.3 is 0 Å². The van der Waals surface area contributed by atoms with E-state index in [-0.39, 0.29) is 0 Å². The normalized spacial score (nSPS) is 11.8. The van der Waals surface area contributed by atoms with Gasteiger partial charge in [0, 0.05) is 26.7 Å². The van der Waals surface area contributed by atoms with Gasteiger partial charge in [-0.1, -0.05) is 97.8 Å². The average molecular weight is 341 g/mol. The van der Waals surface area contributed by atoms with Crippen LogP contribution in [0.25, 0.3) is 0 Å². The van der Waals surface area contributed by atoms with Crippen LogP contribution in [0.15, 0.2) is 0 Å². The maximum Gasteiger partial charge on any atom is 0.0133 e. The second-order valence-corrected chi connectivity index (χ2v) is 7.58. The molecular formula is C22H48N2. The minimum Gasteiger partial charge on any atom is -0.245 e. The summed E-state index contributed by atoms with van der Waals surface area (Å²) >= 11 is 0. The lowest BCUT2D eigenvalue weighted by Gasteiger charge is -2.32. The zero-order valence-electron chi connectivity index (χ0n) is 17.6. The van der Waals surface area contributed by atoms with Crippen LogP contribution in [0, 0.1) is 0 Å². The molecule has 0 amide bonds. The molecule has 0 bridgehead atoms. The van der Waals surface area contributed by atoms with Gasteiger partial charge in [-0.25, -0.2) is 10.0 Å². The molecule has 0 aliphatic carbocycles. The first kappa shape index (κ1) is 23.9. The van der Waals surface area contributed by atoms with Crippen molar-refractivity contribution < 1.29 is 0 Å². The zero-order chi connectivity index (χ0) is 17.9. The Hall–Kier alpha value is -0.0800. The molecule has 0 aromatic carbocycles. The van der Waals surface area contributed by atoms with Crippen molar-refractivity contribution in [1.82, 2.24) is 10.0 Å². The van der Waals surface area contributed by atoms with E-state index < -0.39 is 0 Å². The summed E-state index contributed by atoms with van der Waals surface area (Å²) in [6, 6.07) is 0. The number of unbranched alkanes of at least 4 members (excludes halogenated alkanes) is 12. The predicted octanol–water partition coefficient (Wildman–Crippen LogP) is 7.05. The van der Waals surface area contributed by atoms with Crippen molar-refractivity contribution in [1.29, 1.82) is 0 Å². The van der Waals surface area contributed by atoms with Crippen LogP contribution in [-0.4, -0.2) is 36.7 Å². The molecule has 0 aromatic heterocycles. The summed E-state index contributed by atoms with van der Waals surface area (Å²) in [5, 5.41) is 5.18. The van der Waals surface area contributed by atoms with Crippen LogP contribution in [-0.2, 0) is 0 Å². The van der Waals surface area contributed by atoms with Crippen molar-refractivity contribution in [2.45, 2.75) is 117 Å². The van der Waals surface area contributed by atoms with Gasteiger partial charge in [-0.2, -0.15) is 0 Å². The van der Waals surface area contributed by atoms with Crippen LogP contribution in [0.3, 0.4) is 0 Å². The van der Waals surface area contributed by atoms with Crippen molar-refractivity contribution in [2.75, 3.05) is 26.7 Å². The molecule has 0 saturated carbocycles. The van der Waals surface area contributed by atoms with Gasteiger partial charge in [-0.3, -0.25) is 0 Å². The molecule has 0 radical (unpaired) electrons. The summed E-state index contributed by atoms with van der Waals surface area (Å²) in [6.45, 7) is 10.7. The minimum atomic E-state index is 1.24. The average Bonchev–Trinajstić information content (AvgIpc) is 2.59. The van der Waals surface area contributed by atoms with Crippen LogP contribution in [0.2, 0.25) is 0 Å². The van der Waals surface area contributed by atoms with Crippen LogP contribution >= 0.6 is 0 Å². The van der Waals surface area contributed by atoms with Gasteiger partial charge >= 0.3 is 0 Å². The molecule has 0 heterocycles. The molecule has 2 nitrogen and oxygen atoms in total. The lowest BCUT2D eigenvalue weighted by Crippen LogP contribution is -2.41. The molecule has 0 aromatic rings. The van der Waals surface area contributed by atoms with E-state index in [1.807, 2.05) is 0 Å². The molecule has 0 saturated heterocycles. The largest absolute Gasteiger partial charge is 0.245 e. The maximum atomic E-state index is 2.65. The first-order chi connectivity index (χ1) is 11.8. The van der Waals surface area contributed by atoms with Crippen LogP contribution in [0.4, 0.5) is 0 Å². The Morgan fingerprint density at radius 1 is 0.417 bits per heavy atom. The van der Waals surface area contributed by atoms with Gasteiger partial charge in [0.05, 0.1) is 0 Å². The monoisotopic (exact) mass is 340 g/mol. The van der Waals surface area contributed by atoms with Crippen molar-refractivity contribution in [3.8, 4) is 0 Å². The summed E-state index contributed by atoms with van der Waals surface area (Å²) in [5.74, 6) is 0. The predicted molar refractivity (Wildman–Crippen MR) is 110 cm³/mol. The molecule has 2 heteroatoms. The fourth-order valence-corrected chi connectivity index (χ4v) is 3.33. The molecule has 0 spiro atoms. The van der Waals surface area contributed by atoms with Gasteiger partial charge in [-0.05, 0) is 19.3 Å². The van der Waals surface area contributed by atoms with E-state index in [9.17, 15) is 0 Å². The summed E-state index contributed by atoms with van der Waals surface area (Å²) < 4.78 is 0. The molecule has 0 N–H and O–H groups in total. The SMILES string of the molecule is CCCCCCCN(C)N(CCCCCCC)CCCCCCC. The molecule has 0 unspecified atom stereocenters. The number of hydrogen-bond acceptors (Lipinski definition) is 2. The first-order valence-corrected chi connectivity index (χ1v) is 11.2. The Balaban J connectivity index is 3.98. The fraction of sp³-hybridized carbons (Fsp3) is 1.00. The summed E-state index contributed by atoms with van der Waals surface area (Å²) in [4.78, 5) is 0. The molecule has 24 heavy (non-hydrogen) atoms. The molecule has 0 fully saturated rings. The Morgan fingerprint density at radius 3 is 1.12 bits per heavy atom. The third-order valence-corrected chi connectivity index (χ3v) is 5.11. The van der Waals surface area contributed by atoms with E-state index in [4.69, 9.17) is 0 Å². The number of nitrogens with zero attached hydrogens (tertiary/aromatic N) is 2. The highest BCUT2D eigenvalue weighted by molar-refractivity contribution is 4.58. The molecular weight excluding hydrogens is 292 g/mol. The maximum absolute atomic E-state index is 2.65. The summed E-state index contributed by atoms with van der Waals surface area (Å²) in [5.41, 5.74) is 0. The van der Waals surface area contributed by atoms with Gasteiger partial charge in [0.15, 0.2) is 0 Å². The van der Waals surface area contributed by atoms with E-state index in [1.54, 1.807) is 0 Å². The fourth-order valence-electron chi connectivity index (χ4n) is 3.33. The van der Waals surface area contributed by atoms with Gasteiger partial charge in [0.25, 0.3) is 0 Å². The molecule has 0 rings (SSSR count). The smallest absolute Gasteiger partial charge is 0.0133 e. The van der Waals surface area contributed by atoms with Crippen LogP contribution in [0.5, 0.6) is 0 Å². The molecule has 0 atom stereocenters. The highest BCUT2D eigenvalue weighted by Gasteiger charge is 2.10. The van der Waals surface area contributed by atoms with E-state index >= 15 is 0 Å². The highest BCUT2D eigenvalue weighted by atomic mass is 15.6. The topological polar surface area (TPSA) is 6.48 Å². The first-order valence-electron chi connectivity index (χ1n) is 11.2. The van der Waals surface area contributed by atoms with Crippen molar-refractivity contribution >= 4 is 0 Å². The Bertz CT molecular complexity index is 216. The Morgan fingerprint density at radius 2 is 0.750 bits per heavy atom. The number of hydrogen-bond donors (Lipinski definition) is 0. The van der Waals surface area contributed by atoms with Crippen LogP contribution in [0.1, 0.15) is 117 Å². The minimum absolute atomic E-state index is 1.24. The van der Waals surface area contributed by atoms with E-state index in [0.717, 1.165) is 0 Å². The van der Waals surface area contributed by atoms with Crippen LogP contribution < -0.4 is 0 Å². The van der Waals surface area contributed by atoms with Crippen molar-refractivity contribution in [3.05, 3.63) is 0 Å². The Labute approximate surface area is 154 Å². The van der Waals surface area contributed by atoms with E-state index in [2.05, 4.69) is 37.8 Å². The Kier molecular flexibility index (Phi) is 19.2. The van der Waals surface area contributed by atoms with Crippen molar-refractivity contribution in [2.24, 2.45) is 0 Å². The molecule has 146 valence electrons. The quantitative estimate of drug-likeness (QED) is 0.184. The highest BCUT2D eigenvalue weighted by Crippen LogP contribution is 2.10. The van der Waals surface area contributed by atoms with E-state index in [0.29, 0.717) is 0 Å². The number of rotatable bonds is 19. The van der Waals surface area contributed by atoms with E-state index in [1.165, 1.54) is 116 Å². The van der Waals surface area contributed by atoms with Crippen molar-refractivity contribution in [3.63, 3.8) is 0 Å². The van der Waals surface area contributed by atoms with Gasteiger partial charge in [0.1, 0.15) is 0 Å². The summed E-state index contributed by atoms with van der Waals surface area (Å²) in [6.07, 6.45) is 20.8. The standard InChI is InChI=1S/C22H48N2/c1-5-8-11-14-17-20-23(4)24(21-18-15-12-9-6-2)22-19-16-13-10-7-3/h5-22H2,1-4H3. The lowest BCUT2D eigenvalue weighted by atomic mass is 10.1. The van der Waals surface area contributed by atoms with Gasteiger partial charge in [0.2, 0.25) is 0 Å².